The minimum atomic E-state index is -1.82. The highest BCUT2D eigenvalue weighted by molar-refractivity contribution is 6.27. The second-order valence-electron chi connectivity index (χ2n) is 7.34. The highest BCUT2D eigenvalue weighted by atomic mass is 16.4. The van der Waals surface area contributed by atoms with Crippen molar-refractivity contribution in [3.8, 4) is 6.07 Å². The minimum absolute atomic E-state index is 0.571. The van der Waals surface area contributed by atoms with E-state index in [2.05, 4.69) is 53.5 Å². The number of benzene rings is 1. The monoisotopic (exact) mass is 412 g/mol. The number of carboxylic acids is 2. The van der Waals surface area contributed by atoms with Gasteiger partial charge in [-0.05, 0) is 50.0 Å². The molecule has 0 spiro atoms. The van der Waals surface area contributed by atoms with Crippen LogP contribution in [-0.2, 0) is 29.7 Å². The molecule has 0 radical (unpaired) electrons. The number of aliphatic carboxylic acids is 2. The predicted octanol–water partition coefficient (Wildman–Crippen LogP) is 2.11. The fraction of sp³-hybridized carbons (Fsp3) is 0.409. The summed E-state index contributed by atoms with van der Waals surface area (Å²) < 4.78 is 1.97. The minimum Gasteiger partial charge on any atom is -0.473 e. The zero-order valence-electron chi connectivity index (χ0n) is 17.3. The van der Waals surface area contributed by atoms with Crippen LogP contribution in [0.15, 0.2) is 36.4 Å². The molecule has 0 saturated carbocycles. The van der Waals surface area contributed by atoms with Crippen molar-refractivity contribution in [1.29, 1.82) is 5.26 Å². The van der Waals surface area contributed by atoms with Gasteiger partial charge in [0.2, 0.25) is 0 Å². The fourth-order valence-electron chi connectivity index (χ4n) is 3.44. The first-order valence-electron chi connectivity index (χ1n) is 9.83. The van der Waals surface area contributed by atoms with Crippen molar-refractivity contribution in [2.75, 3.05) is 13.1 Å². The van der Waals surface area contributed by atoms with Crippen LogP contribution in [0.4, 0.5) is 0 Å². The highest BCUT2D eigenvalue weighted by Gasteiger charge is 2.19. The van der Waals surface area contributed by atoms with Gasteiger partial charge in [0.25, 0.3) is 0 Å². The van der Waals surface area contributed by atoms with Crippen LogP contribution in [0.2, 0.25) is 0 Å². The molecule has 1 aromatic heterocycles. The summed E-state index contributed by atoms with van der Waals surface area (Å²) in [6.45, 7) is 6.27. The quantitative estimate of drug-likeness (QED) is 0.644. The Morgan fingerprint density at radius 1 is 1.17 bits per heavy atom. The van der Waals surface area contributed by atoms with Crippen LogP contribution in [0.25, 0.3) is 0 Å². The molecule has 0 bridgehead atoms. The first-order valence-corrected chi connectivity index (χ1v) is 9.83. The second kappa shape index (κ2) is 11.1. The maximum absolute atomic E-state index is 9.13. The van der Waals surface area contributed by atoms with Gasteiger partial charge in [0, 0.05) is 31.9 Å². The van der Waals surface area contributed by atoms with Crippen LogP contribution >= 0.6 is 0 Å². The Hall–Kier alpha value is -3.15. The number of nitrogens with one attached hydrogen (secondary N) is 1. The first kappa shape index (κ1) is 23.1. The molecule has 1 saturated heterocycles. The lowest BCUT2D eigenvalue weighted by atomic mass is 10.0. The molecule has 1 aliphatic rings. The molecule has 3 N–H and O–H groups in total. The molecule has 8 heteroatoms. The van der Waals surface area contributed by atoms with E-state index < -0.39 is 11.9 Å². The van der Waals surface area contributed by atoms with Gasteiger partial charge in [-0.3, -0.25) is 4.90 Å². The van der Waals surface area contributed by atoms with Crippen LogP contribution < -0.4 is 5.32 Å². The Morgan fingerprint density at radius 3 is 2.27 bits per heavy atom. The maximum atomic E-state index is 9.13. The van der Waals surface area contributed by atoms with E-state index in [1.165, 1.54) is 29.7 Å². The summed E-state index contributed by atoms with van der Waals surface area (Å²) in [5.41, 5.74) is 4.55. The van der Waals surface area contributed by atoms with E-state index in [0.29, 0.717) is 6.04 Å². The van der Waals surface area contributed by atoms with Crippen LogP contribution in [0.5, 0.6) is 0 Å². The molecule has 2 aromatic rings. The van der Waals surface area contributed by atoms with E-state index in [1.807, 2.05) is 17.7 Å². The van der Waals surface area contributed by atoms with Crippen molar-refractivity contribution in [3.63, 3.8) is 0 Å². The lowest BCUT2D eigenvalue weighted by Crippen LogP contribution is -2.41. The molecule has 8 nitrogen and oxygen atoms in total. The average Bonchev–Trinajstić information content (AvgIpc) is 3.02. The largest absolute Gasteiger partial charge is 0.473 e. The van der Waals surface area contributed by atoms with Gasteiger partial charge in [-0.1, -0.05) is 30.3 Å². The molecule has 1 fully saturated rings. The summed E-state index contributed by atoms with van der Waals surface area (Å²) >= 11 is 0. The standard InChI is InChI=1S/C20H26N4.C2H2O4/c1-16-18(12-20(13-21)23(16)2)14-22-19-8-10-24(11-9-19)15-17-6-4-3-5-7-17;3-1(4)2(5)6/h3-7,12,19,22H,8-11,14-15H2,1-2H3;(H,3,4)(H,5,6). The molecule has 160 valence electrons. The van der Waals surface area contributed by atoms with Gasteiger partial charge >= 0.3 is 11.9 Å². The molecular weight excluding hydrogens is 384 g/mol. The third-order valence-corrected chi connectivity index (χ3v) is 5.36. The molecule has 1 aromatic carbocycles. The number of nitriles is 1. The molecule has 3 rings (SSSR count). The molecule has 1 aliphatic heterocycles. The lowest BCUT2D eigenvalue weighted by Gasteiger charge is -2.32. The number of carboxylic acid groups (broad SMARTS) is 2. The number of carbonyl (C=O) groups is 2. The van der Waals surface area contributed by atoms with Crippen molar-refractivity contribution in [1.82, 2.24) is 14.8 Å². The van der Waals surface area contributed by atoms with Gasteiger partial charge < -0.3 is 20.1 Å². The van der Waals surface area contributed by atoms with Gasteiger partial charge in [-0.2, -0.15) is 5.26 Å². The van der Waals surface area contributed by atoms with Gasteiger partial charge in [0.15, 0.2) is 0 Å². The first-order chi connectivity index (χ1) is 14.3. The number of likely N-dealkylation sites (tertiary alicyclic amines) is 1. The van der Waals surface area contributed by atoms with Crippen molar-refractivity contribution in [2.45, 2.75) is 38.9 Å². The topological polar surface area (TPSA) is 119 Å². The Balaban J connectivity index is 0.000000469. The molecule has 0 amide bonds. The predicted molar refractivity (Wildman–Crippen MR) is 112 cm³/mol. The lowest BCUT2D eigenvalue weighted by molar-refractivity contribution is -0.159. The van der Waals surface area contributed by atoms with Crippen LogP contribution in [-0.4, -0.2) is 50.8 Å². The van der Waals surface area contributed by atoms with Crippen molar-refractivity contribution < 1.29 is 19.8 Å². The van der Waals surface area contributed by atoms with E-state index in [4.69, 9.17) is 25.1 Å². The number of hydrogen-bond donors (Lipinski definition) is 3. The zero-order valence-corrected chi connectivity index (χ0v) is 17.3. The summed E-state index contributed by atoms with van der Waals surface area (Å²) in [5.74, 6) is -3.65. The third kappa shape index (κ3) is 6.72. The summed E-state index contributed by atoms with van der Waals surface area (Å²) in [5, 5.41) is 27.6. The Kier molecular flexibility index (Phi) is 8.59. The fourth-order valence-corrected chi connectivity index (χ4v) is 3.44. The van der Waals surface area contributed by atoms with Crippen molar-refractivity contribution >= 4 is 11.9 Å². The van der Waals surface area contributed by atoms with E-state index in [9.17, 15) is 0 Å². The molecule has 2 heterocycles. The number of nitrogens with zero attached hydrogens (tertiary/aromatic N) is 3. The van der Waals surface area contributed by atoms with E-state index >= 15 is 0 Å². The Morgan fingerprint density at radius 2 is 1.77 bits per heavy atom. The SMILES string of the molecule is Cc1c(CNC2CCN(Cc3ccccc3)CC2)cc(C#N)n1C.O=C(O)C(=O)O. The zero-order chi connectivity index (χ0) is 22.1. The van der Waals surface area contributed by atoms with Gasteiger partial charge in [0.1, 0.15) is 11.8 Å². The van der Waals surface area contributed by atoms with Crippen molar-refractivity contribution in [3.05, 3.63) is 58.9 Å². The smallest absolute Gasteiger partial charge is 0.414 e. The van der Waals surface area contributed by atoms with E-state index in [-0.39, 0.29) is 0 Å². The van der Waals surface area contributed by atoms with Crippen LogP contribution in [0, 0.1) is 18.3 Å². The average molecular weight is 412 g/mol. The third-order valence-electron chi connectivity index (χ3n) is 5.36. The summed E-state index contributed by atoms with van der Waals surface area (Å²) in [6, 6.07) is 15.5. The maximum Gasteiger partial charge on any atom is 0.414 e. The number of aromatic nitrogens is 1. The summed E-state index contributed by atoms with van der Waals surface area (Å²) in [4.78, 5) is 20.7. The van der Waals surface area contributed by atoms with Crippen molar-refractivity contribution in [2.24, 2.45) is 7.05 Å². The summed E-state index contributed by atoms with van der Waals surface area (Å²) in [6.07, 6.45) is 2.37. The van der Waals surface area contributed by atoms with E-state index in [1.54, 1.807) is 0 Å². The molecule has 0 unspecified atom stereocenters. The molecule has 0 atom stereocenters. The number of piperidine rings is 1. The molecular formula is C22H28N4O4. The van der Waals surface area contributed by atoms with E-state index in [0.717, 1.165) is 31.9 Å². The molecule has 30 heavy (non-hydrogen) atoms. The Bertz CT molecular complexity index is 882. The number of rotatable bonds is 5. The highest BCUT2D eigenvalue weighted by Crippen LogP contribution is 2.17. The second-order valence-corrected chi connectivity index (χ2v) is 7.34. The normalized spacial score (nSPS) is 14.4. The summed E-state index contributed by atoms with van der Waals surface area (Å²) in [7, 11) is 1.96. The van der Waals surface area contributed by atoms with Crippen LogP contribution in [0.3, 0.4) is 0 Å². The van der Waals surface area contributed by atoms with Gasteiger partial charge in [0.05, 0.1) is 0 Å². The van der Waals surface area contributed by atoms with Crippen LogP contribution in [0.1, 0.15) is 35.4 Å². The van der Waals surface area contributed by atoms with Gasteiger partial charge in [-0.25, -0.2) is 9.59 Å². The number of hydrogen-bond acceptors (Lipinski definition) is 5. The molecule has 0 aliphatic carbocycles. The van der Waals surface area contributed by atoms with Gasteiger partial charge in [-0.15, -0.1) is 0 Å². The Labute approximate surface area is 176 Å².